The van der Waals surface area contributed by atoms with Gasteiger partial charge in [0.25, 0.3) is 0 Å². The molecule has 3 N–H and O–H groups in total. The Labute approximate surface area is 136 Å². The smallest absolute Gasteiger partial charge is 0.225 e. The Morgan fingerprint density at radius 2 is 2.14 bits per heavy atom. The first-order chi connectivity index (χ1) is 10.2. The Morgan fingerprint density at radius 3 is 2.77 bits per heavy atom. The molecule has 6 heteroatoms. The number of aryl methyl sites for hydroxylation is 1. The summed E-state index contributed by atoms with van der Waals surface area (Å²) in [5.74, 6) is 1.12. The van der Waals surface area contributed by atoms with Crippen LogP contribution in [-0.4, -0.2) is 17.4 Å². The Kier molecular flexibility index (Phi) is 7.36. The van der Waals surface area contributed by atoms with Crippen LogP contribution < -0.4 is 15.8 Å². The summed E-state index contributed by atoms with van der Waals surface area (Å²) in [7, 11) is 0. The highest BCUT2D eigenvalue weighted by molar-refractivity contribution is 5.90. The van der Waals surface area contributed by atoms with Crippen molar-refractivity contribution in [1.82, 2.24) is 4.98 Å². The number of hydrogen-bond donors (Lipinski definition) is 2. The average molecular weight is 322 g/mol. The van der Waals surface area contributed by atoms with Gasteiger partial charge in [0.2, 0.25) is 11.8 Å². The van der Waals surface area contributed by atoms with Crippen molar-refractivity contribution in [3.8, 4) is 11.6 Å². The second-order valence-electron chi connectivity index (χ2n) is 4.57. The molecular weight excluding hydrogens is 302 g/mol. The van der Waals surface area contributed by atoms with Gasteiger partial charge < -0.3 is 15.8 Å². The maximum atomic E-state index is 11.4. The van der Waals surface area contributed by atoms with E-state index in [0.717, 1.165) is 12.2 Å². The number of carbonyl (C=O) groups excluding carboxylic acids is 1. The van der Waals surface area contributed by atoms with E-state index in [1.807, 2.05) is 18.2 Å². The van der Waals surface area contributed by atoms with Crippen LogP contribution in [0.4, 0.5) is 5.69 Å². The van der Waals surface area contributed by atoms with Gasteiger partial charge in [0.1, 0.15) is 5.75 Å². The zero-order valence-corrected chi connectivity index (χ0v) is 13.2. The molecule has 2 rings (SSSR count). The summed E-state index contributed by atoms with van der Waals surface area (Å²) >= 11 is 0. The molecular formula is C16H20ClN3O2. The molecule has 0 fully saturated rings. The quantitative estimate of drug-likeness (QED) is 0.856. The van der Waals surface area contributed by atoms with Crippen molar-refractivity contribution in [3.63, 3.8) is 0 Å². The molecule has 0 atom stereocenters. The van der Waals surface area contributed by atoms with Gasteiger partial charge in [-0.3, -0.25) is 4.79 Å². The van der Waals surface area contributed by atoms with Crippen LogP contribution in [-0.2, 0) is 11.2 Å². The number of rotatable bonds is 6. The van der Waals surface area contributed by atoms with Gasteiger partial charge in [-0.05, 0) is 30.2 Å². The van der Waals surface area contributed by atoms with Crippen molar-refractivity contribution >= 4 is 24.0 Å². The summed E-state index contributed by atoms with van der Waals surface area (Å²) in [6.07, 6.45) is 2.81. The normalized spacial score (nSPS) is 9.73. The third kappa shape index (κ3) is 5.35. The third-order valence-electron chi connectivity index (χ3n) is 2.92. The minimum absolute atomic E-state index is 0. The van der Waals surface area contributed by atoms with Crippen LogP contribution in [0.3, 0.4) is 0 Å². The maximum absolute atomic E-state index is 11.4. The van der Waals surface area contributed by atoms with E-state index in [-0.39, 0.29) is 18.3 Å². The van der Waals surface area contributed by atoms with Crippen molar-refractivity contribution < 1.29 is 9.53 Å². The van der Waals surface area contributed by atoms with Crippen molar-refractivity contribution in [2.45, 2.75) is 19.8 Å². The number of carbonyl (C=O) groups is 1. The number of nitrogens with zero attached hydrogens (tertiary/aromatic N) is 1. The first kappa shape index (κ1) is 17.9. The van der Waals surface area contributed by atoms with Gasteiger partial charge in [-0.15, -0.1) is 12.4 Å². The molecule has 0 aliphatic carbocycles. The van der Waals surface area contributed by atoms with Gasteiger partial charge in [0, 0.05) is 19.0 Å². The lowest BCUT2D eigenvalue weighted by Gasteiger charge is -2.07. The molecule has 0 unspecified atom stereocenters. The maximum Gasteiger partial charge on any atom is 0.225 e. The second kappa shape index (κ2) is 9.02. The molecule has 0 saturated heterocycles. The zero-order chi connectivity index (χ0) is 15.1. The molecule has 0 aliphatic heterocycles. The Bertz CT molecular complexity index is 603. The van der Waals surface area contributed by atoms with Crippen molar-refractivity contribution in [2.75, 3.05) is 11.9 Å². The summed E-state index contributed by atoms with van der Waals surface area (Å²) in [6.45, 7) is 2.42. The van der Waals surface area contributed by atoms with E-state index in [2.05, 4.69) is 23.3 Å². The summed E-state index contributed by atoms with van der Waals surface area (Å²) in [5.41, 5.74) is 7.15. The number of ether oxygens (including phenoxy) is 1. The molecule has 0 saturated carbocycles. The van der Waals surface area contributed by atoms with Crippen molar-refractivity contribution in [3.05, 3.63) is 48.2 Å². The van der Waals surface area contributed by atoms with Gasteiger partial charge in [0.05, 0.1) is 11.9 Å². The van der Waals surface area contributed by atoms with Crippen LogP contribution in [0.5, 0.6) is 11.6 Å². The summed E-state index contributed by atoms with van der Waals surface area (Å²) in [6, 6.07) is 11.3. The van der Waals surface area contributed by atoms with E-state index in [1.54, 1.807) is 18.3 Å². The molecule has 1 amide bonds. The lowest BCUT2D eigenvalue weighted by atomic mass is 10.2. The number of pyridine rings is 1. The van der Waals surface area contributed by atoms with Gasteiger partial charge >= 0.3 is 0 Å². The molecule has 0 aliphatic rings. The summed E-state index contributed by atoms with van der Waals surface area (Å²) in [5, 5.41) is 2.72. The molecule has 0 spiro atoms. The van der Waals surface area contributed by atoms with Crippen LogP contribution >= 0.6 is 12.4 Å². The highest BCUT2D eigenvalue weighted by atomic mass is 35.5. The summed E-state index contributed by atoms with van der Waals surface area (Å²) < 4.78 is 5.68. The Balaban J connectivity index is 0.00000242. The molecule has 1 heterocycles. The SMILES string of the molecule is CCc1cccc(Oc2ccc(NC(=O)CCN)cn2)c1.Cl. The number of nitrogens with two attached hydrogens (primary N) is 1. The topological polar surface area (TPSA) is 77.2 Å². The van der Waals surface area contributed by atoms with E-state index in [1.165, 1.54) is 5.56 Å². The fraction of sp³-hybridized carbons (Fsp3) is 0.250. The largest absolute Gasteiger partial charge is 0.439 e. The molecule has 1 aromatic heterocycles. The minimum atomic E-state index is -0.122. The van der Waals surface area contributed by atoms with E-state index in [4.69, 9.17) is 10.5 Å². The standard InChI is InChI=1S/C16H19N3O2.ClH/c1-2-12-4-3-5-14(10-12)21-16-7-6-13(11-18-16)19-15(20)8-9-17;/h3-7,10-11H,2,8-9,17H2,1H3,(H,19,20);1H. The van der Waals surface area contributed by atoms with Crippen LogP contribution in [0.2, 0.25) is 0 Å². The van der Waals surface area contributed by atoms with E-state index in [9.17, 15) is 4.79 Å². The van der Waals surface area contributed by atoms with E-state index < -0.39 is 0 Å². The molecule has 118 valence electrons. The van der Waals surface area contributed by atoms with Crippen LogP contribution in [0.1, 0.15) is 18.9 Å². The number of amides is 1. The number of aromatic nitrogens is 1. The van der Waals surface area contributed by atoms with Crippen LogP contribution in [0, 0.1) is 0 Å². The third-order valence-corrected chi connectivity index (χ3v) is 2.92. The Hall–Kier alpha value is -2.11. The van der Waals surface area contributed by atoms with Gasteiger partial charge in [-0.25, -0.2) is 4.98 Å². The summed E-state index contributed by atoms with van der Waals surface area (Å²) in [4.78, 5) is 15.6. The molecule has 2 aromatic rings. The highest BCUT2D eigenvalue weighted by Crippen LogP contribution is 2.21. The van der Waals surface area contributed by atoms with Crippen molar-refractivity contribution in [2.24, 2.45) is 5.73 Å². The van der Waals surface area contributed by atoms with Crippen molar-refractivity contribution in [1.29, 1.82) is 0 Å². The molecule has 0 bridgehead atoms. The lowest BCUT2D eigenvalue weighted by molar-refractivity contribution is -0.116. The molecule has 0 radical (unpaired) electrons. The van der Waals surface area contributed by atoms with E-state index in [0.29, 0.717) is 24.5 Å². The lowest BCUT2D eigenvalue weighted by Crippen LogP contribution is -2.16. The monoisotopic (exact) mass is 321 g/mol. The van der Waals surface area contributed by atoms with Crippen LogP contribution in [0.15, 0.2) is 42.6 Å². The zero-order valence-electron chi connectivity index (χ0n) is 12.4. The number of benzene rings is 1. The van der Waals surface area contributed by atoms with Gasteiger partial charge in [0.15, 0.2) is 0 Å². The predicted octanol–water partition coefficient (Wildman–Crippen LogP) is 3.15. The minimum Gasteiger partial charge on any atom is -0.439 e. The Morgan fingerprint density at radius 1 is 1.32 bits per heavy atom. The predicted molar refractivity (Wildman–Crippen MR) is 89.7 cm³/mol. The first-order valence-electron chi connectivity index (χ1n) is 6.94. The van der Waals surface area contributed by atoms with E-state index >= 15 is 0 Å². The number of anilines is 1. The fourth-order valence-electron chi connectivity index (χ4n) is 1.82. The highest BCUT2D eigenvalue weighted by Gasteiger charge is 2.03. The fourth-order valence-corrected chi connectivity index (χ4v) is 1.82. The van der Waals surface area contributed by atoms with Gasteiger partial charge in [-0.2, -0.15) is 0 Å². The second-order valence-corrected chi connectivity index (χ2v) is 4.57. The molecule has 5 nitrogen and oxygen atoms in total. The van der Waals surface area contributed by atoms with Gasteiger partial charge in [-0.1, -0.05) is 19.1 Å². The van der Waals surface area contributed by atoms with Crippen LogP contribution in [0.25, 0.3) is 0 Å². The average Bonchev–Trinajstić information content (AvgIpc) is 2.50. The molecule has 1 aromatic carbocycles. The number of halogens is 1. The number of hydrogen-bond acceptors (Lipinski definition) is 4. The number of nitrogens with one attached hydrogen (secondary N) is 1. The first-order valence-corrected chi connectivity index (χ1v) is 6.94. The molecule has 22 heavy (non-hydrogen) atoms.